The van der Waals surface area contributed by atoms with Crippen molar-refractivity contribution in [3.8, 4) is 17.4 Å². The smallest absolute Gasteiger partial charge is 0.218 e. The monoisotopic (exact) mass is 917 g/mol. The van der Waals surface area contributed by atoms with Crippen LogP contribution in [0.25, 0.3) is 10.9 Å². The second-order valence-electron chi connectivity index (χ2n) is 19.5. The number of anilines is 1. The molecule has 0 spiro atoms. The van der Waals surface area contributed by atoms with Crippen LogP contribution in [0, 0.1) is 13.0 Å². The van der Waals surface area contributed by atoms with Crippen molar-refractivity contribution in [1.29, 1.82) is 0 Å². The fraction of sp³-hybridized carbons (Fsp3) is 0.429. The van der Waals surface area contributed by atoms with Crippen molar-refractivity contribution < 1.29 is 33.7 Å². The number of amidine groups is 1. The molecule has 7 rings (SSSR count). The number of aromatic nitrogens is 1. The normalized spacial score (nSPS) is 18.9. The number of nitrogens with zero attached hydrogens (tertiary/aromatic N) is 3. The Kier molecular flexibility index (Phi) is 9.80. The number of benzene rings is 4. The Morgan fingerprint density at radius 2 is 1.35 bits per heavy atom. The van der Waals surface area contributed by atoms with E-state index in [1.165, 1.54) is 11.1 Å². The second-order valence-corrected chi connectivity index (χ2v) is 19.5. The molecular weight excluding hydrogens is 858 g/mol. The number of fused-ring (bicyclic) bond motifs is 4. The first kappa shape index (κ1) is 37.9. The van der Waals surface area contributed by atoms with E-state index >= 15 is 0 Å². The quantitative estimate of drug-likeness (QED) is 0.183. The topological polar surface area (TPSA) is 58.0 Å². The van der Waals surface area contributed by atoms with Crippen LogP contribution in [0.4, 0.5) is 5.69 Å². The van der Waals surface area contributed by atoms with Gasteiger partial charge in [0.25, 0.3) is 0 Å². The van der Waals surface area contributed by atoms with Gasteiger partial charge in [0, 0.05) is 46.7 Å². The van der Waals surface area contributed by atoms with Crippen LogP contribution < -0.4 is 9.64 Å². The van der Waals surface area contributed by atoms with Gasteiger partial charge in [0.15, 0.2) is 0 Å². The molecule has 0 radical (unpaired) electrons. The zero-order valence-corrected chi connectivity index (χ0v) is 37.1. The maximum absolute atomic E-state index is 11.2. The second kappa shape index (κ2) is 14.2. The minimum atomic E-state index is -1.54. The van der Waals surface area contributed by atoms with E-state index in [2.05, 4.69) is 124 Å². The van der Waals surface area contributed by atoms with Gasteiger partial charge >= 0.3 is 0 Å². The van der Waals surface area contributed by atoms with Crippen molar-refractivity contribution in [3.05, 3.63) is 123 Å². The van der Waals surface area contributed by atoms with Gasteiger partial charge in [0.05, 0.1) is 17.9 Å². The number of hydrogen-bond donors (Lipinski definition) is 1. The molecule has 0 amide bonds. The van der Waals surface area contributed by atoms with Gasteiger partial charge in [0.2, 0.25) is 5.88 Å². The van der Waals surface area contributed by atoms with Crippen LogP contribution in [0.2, 0.25) is 0 Å². The van der Waals surface area contributed by atoms with Crippen molar-refractivity contribution in [1.82, 2.24) is 4.98 Å². The molecule has 0 saturated heterocycles. The molecule has 0 fully saturated rings. The number of aliphatic imine (C=N–C) groups is 1. The van der Waals surface area contributed by atoms with E-state index in [1.54, 1.807) is 6.07 Å². The molecule has 0 unspecified atom stereocenters. The summed E-state index contributed by atoms with van der Waals surface area (Å²) in [5.74, 6) is 1.73. The van der Waals surface area contributed by atoms with E-state index in [0.717, 1.165) is 44.7 Å². The van der Waals surface area contributed by atoms with Gasteiger partial charge < -0.3 is 19.7 Å². The fourth-order valence-electron chi connectivity index (χ4n) is 7.51. The summed E-state index contributed by atoms with van der Waals surface area (Å²) in [5, 5.41) is 12.1. The zero-order chi connectivity index (χ0) is 40.9. The molecule has 2 aliphatic rings. The van der Waals surface area contributed by atoms with Gasteiger partial charge in [0.1, 0.15) is 11.3 Å². The molecule has 55 heavy (non-hydrogen) atoms. The summed E-state index contributed by atoms with van der Waals surface area (Å²) in [7, 11) is 0. The molecule has 1 N–H and O–H groups in total. The van der Waals surface area contributed by atoms with E-state index < -0.39 is 6.37 Å². The summed E-state index contributed by atoms with van der Waals surface area (Å²) in [6.07, 6.45) is -1.26. The van der Waals surface area contributed by atoms with Gasteiger partial charge in [-0.1, -0.05) is 126 Å². The third kappa shape index (κ3) is 8.02. The van der Waals surface area contributed by atoms with Crippen molar-refractivity contribution in [2.45, 2.75) is 137 Å². The van der Waals surface area contributed by atoms with Gasteiger partial charge in [-0.3, -0.25) is 0 Å². The van der Waals surface area contributed by atoms with Gasteiger partial charge in [-0.2, -0.15) is 0 Å². The Hall–Kier alpha value is -3.95. The number of aromatic hydroxyl groups is 1. The van der Waals surface area contributed by atoms with Crippen LogP contribution in [0.15, 0.2) is 77.8 Å². The van der Waals surface area contributed by atoms with Crippen molar-refractivity contribution in [2.75, 3.05) is 4.90 Å². The SMILES string of the molecule is [2H]C1([2H])C[C@H]2[C@@H](N=C(c3[c-]c(Oc4cc(C)c5cc(C(C)(C)C)cc(O)c5n4)cc(C(C)(C)C)c3)N2c2cc(C(C)(C)C)cc(C(C)(C)C)c2)c2ccccc21.[Pt]. The number of phenolic OH excluding ortho intramolecular Hbond substituents is 1. The van der Waals surface area contributed by atoms with E-state index in [9.17, 15) is 7.85 Å². The van der Waals surface area contributed by atoms with Crippen LogP contribution in [0.3, 0.4) is 0 Å². The standard InChI is InChI=1S/C49H58N3O2.Pt/c1-29-20-42(50-44-39(29)27-35(28-41(44)53)49(11,12)13)54-37-22-31(21-32(26-37)46(2,3)4)45-51-43-38-17-15-14-16-30(38)18-19-40(43)52(45)36-24-33(47(5,6)7)23-34(25-36)48(8,9)10;/h14-17,20-21,23-28,40,43,53H,18-19H2,1-13H3;/q-1;/t40-,43-;/m0./s1/i18D2;. The third-order valence-electron chi connectivity index (χ3n) is 11.0. The molecule has 1 aliphatic heterocycles. The number of phenols is 1. The third-order valence-corrected chi connectivity index (χ3v) is 11.0. The Balaban J connectivity index is 0.00000549. The number of aryl methyl sites for hydroxylation is 2. The number of rotatable bonds is 4. The Morgan fingerprint density at radius 1 is 0.764 bits per heavy atom. The molecule has 2 atom stereocenters. The van der Waals surface area contributed by atoms with Crippen LogP contribution >= 0.6 is 0 Å². The maximum Gasteiger partial charge on any atom is 0.218 e. The van der Waals surface area contributed by atoms with Crippen LogP contribution in [0.1, 0.15) is 143 Å². The summed E-state index contributed by atoms with van der Waals surface area (Å²) in [5.41, 5.74) is 8.75. The molecule has 1 aliphatic carbocycles. The summed E-state index contributed by atoms with van der Waals surface area (Å²) >= 11 is 0. The van der Waals surface area contributed by atoms with E-state index in [-0.39, 0.29) is 67.0 Å². The van der Waals surface area contributed by atoms with Crippen LogP contribution in [-0.4, -0.2) is 22.0 Å². The average molecular weight is 918 g/mol. The zero-order valence-electron chi connectivity index (χ0n) is 36.8. The molecule has 0 bridgehead atoms. The minimum Gasteiger partial charge on any atom is -0.506 e. The minimum absolute atomic E-state index is 0. The summed E-state index contributed by atoms with van der Waals surface area (Å²) in [6.45, 7) is 28.4. The Morgan fingerprint density at radius 3 is 1.96 bits per heavy atom. The first-order valence-corrected chi connectivity index (χ1v) is 19.3. The van der Waals surface area contributed by atoms with Crippen molar-refractivity contribution in [3.63, 3.8) is 0 Å². The Labute approximate surface area is 346 Å². The molecule has 5 nitrogen and oxygen atoms in total. The molecule has 1 aromatic heterocycles. The number of hydrogen-bond acceptors (Lipinski definition) is 5. The molecule has 4 aromatic carbocycles. The average Bonchev–Trinajstić information content (AvgIpc) is 3.45. The van der Waals surface area contributed by atoms with Gasteiger partial charge in [-0.25, -0.2) is 4.98 Å². The molecular formula is C49H58N3O2Pt-. The predicted molar refractivity (Wildman–Crippen MR) is 225 cm³/mol. The molecule has 6 heteroatoms. The fourth-order valence-corrected chi connectivity index (χ4v) is 7.51. The molecule has 0 saturated carbocycles. The first-order valence-electron chi connectivity index (χ1n) is 20.3. The molecule has 292 valence electrons. The summed E-state index contributed by atoms with van der Waals surface area (Å²) in [6, 6.07) is 27.8. The largest absolute Gasteiger partial charge is 0.506 e. The van der Waals surface area contributed by atoms with Gasteiger partial charge in [-0.05, 0) is 99.0 Å². The van der Waals surface area contributed by atoms with Crippen LogP contribution in [-0.2, 0) is 49.1 Å². The van der Waals surface area contributed by atoms with E-state index in [1.807, 2.05) is 43.3 Å². The summed E-state index contributed by atoms with van der Waals surface area (Å²) < 4.78 is 25.2. The van der Waals surface area contributed by atoms with Crippen LogP contribution in [0.5, 0.6) is 17.4 Å². The molecule has 5 aromatic rings. The van der Waals surface area contributed by atoms with Gasteiger partial charge in [-0.15, -0.1) is 17.2 Å². The maximum atomic E-state index is 11.2. The summed E-state index contributed by atoms with van der Waals surface area (Å²) in [4.78, 5) is 12.6. The number of pyridine rings is 1. The molecule has 2 heterocycles. The van der Waals surface area contributed by atoms with Crippen molar-refractivity contribution in [2.24, 2.45) is 4.99 Å². The first-order chi connectivity index (χ1) is 25.8. The predicted octanol–water partition coefficient (Wildman–Crippen LogP) is 12.4. The Bertz CT molecular complexity index is 2360. The van der Waals surface area contributed by atoms with E-state index in [0.29, 0.717) is 22.7 Å². The van der Waals surface area contributed by atoms with E-state index in [4.69, 9.17) is 14.7 Å². The van der Waals surface area contributed by atoms with Crippen molar-refractivity contribution >= 4 is 22.4 Å². The number of ether oxygens (including phenoxy) is 1.